The van der Waals surface area contributed by atoms with E-state index in [1.54, 1.807) is 29.9 Å². The molecule has 0 unspecified atom stereocenters. The molecule has 1 heterocycles. The Morgan fingerprint density at radius 3 is 2.67 bits per heavy atom. The standard InChI is InChI=1S/C22H23N3O2/c1-15-5-4-6-17(11-15)14-27-19-9-10-25(22(26)13-19)18-7-8-21(23)20(12-18)16(2)24-3/h4-13H,14,23H2,1-3H3. The van der Waals surface area contributed by atoms with E-state index >= 15 is 0 Å². The molecule has 0 aliphatic carbocycles. The van der Waals surface area contributed by atoms with Gasteiger partial charge in [-0.25, -0.2) is 0 Å². The van der Waals surface area contributed by atoms with E-state index in [0.717, 1.165) is 22.5 Å². The van der Waals surface area contributed by atoms with E-state index in [1.165, 1.54) is 11.6 Å². The van der Waals surface area contributed by atoms with Crippen molar-refractivity contribution in [3.05, 3.63) is 87.8 Å². The van der Waals surface area contributed by atoms with Crippen LogP contribution >= 0.6 is 0 Å². The van der Waals surface area contributed by atoms with Crippen molar-refractivity contribution in [3.8, 4) is 11.4 Å². The fraction of sp³-hybridized carbons (Fsp3) is 0.182. The van der Waals surface area contributed by atoms with Crippen molar-refractivity contribution in [1.82, 2.24) is 4.57 Å². The molecule has 0 fully saturated rings. The van der Waals surface area contributed by atoms with Gasteiger partial charge < -0.3 is 10.5 Å². The van der Waals surface area contributed by atoms with Crippen molar-refractivity contribution in [2.45, 2.75) is 20.5 Å². The van der Waals surface area contributed by atoms with Crippen LogP contribution in [0, 0.1) is 6.92 Å². The monoisotopic (exact) mass is 361 g/mol. The highest BCUT2D eigenvalue weighted by atomic mass is 16.5. The molecule has 27 heavy (non-hydrogen) atoms. The fourth-order valence-corrected chi connectivity index (χ4v) is 2.86. The number of nitrogens with zero attached hydrogens (tertiary/aromatic N) is 2. The zero-order valence-electron chi connectivity index (χ0n) is 15.8. The summed E-state index contributed by atoms with van der Waals surface area (Å²) in [6, 6.07) is 16.8. The highest BCUT2D eigenvalue weighted by Crippen LogP contribution is 2.18. The molecule has 0 bridgehead atoms. The number of aliphatic imine (C=N–C) groups is 1. The summed E-state index contributed by atoms with van der Waals surface area (Å²) < 4.78 is 7.33. The van der Waals surface area contributed by atoms with Gasteiger partial charge in [-0.2, -0.15) is 0 Å². The molecule has 0 atom stereocenters. The summed E-state index contributed by atoms with van der Waals surface area (Å²) in [5.74, 6) is 0.541. The molecular weight excluding hydrogens is 338 g/mol. The molecule has 2 aromatic carbocycles. The summed E-state index contributed by atoms with van der Waals surface area (Å²) in [4.78, 5) is 16.7. The summed E-state index contributed by atoms with van der Waals surface area (Å²) in [6.07, 6.45) is 1.71. The van der Waals surface area contributed by atoms with Gasteiger partial charge >= 0.3 is 0 Å². The second kappa shape index (κ2) is 7.91. The minimum atomic E-state index is -0.168. The number of rotatable bonds is 5. The van der Waals surface area contributed by atoms with Gasteiger partial charge in [-0.1, -0.05) is 29.8 Å². The lowest BCUT2D eigenvalue weighted by molar-refractivity contribution is 0.305. The average molecular weight is 361 g/mol. The third-order valence-electron chi connectivity index (χ3n) is 4.42. The molecule has 0 amide bonds. The van der Waals surface area contributed by atoms with Crippen molar-refractivity contribution in [3.63, 3.8) is 0 Å². The summed E-state index contributed by atoms with van der Waals surface area (Å²) in [7, 11) is 1.72. The highest BCUT2D eigenvalue weighted by Gasteiger charge is 2.08. The molecule has 0 radical (unpaired) electrons. The van der Waals surface area contributed by atoms with Gasteiger partial charge in [-0.15, -0.1) is 0 Å². The Hall–Kier alpha value is -3.34. The highest BCUT2D eigenvalue weighted by molar-refractivity contribution is 6.03. The largest absolute Gasteiger partial charge is 0.489 e. The number of benzene rings is 2. The van der Waals surface area contributed by atoms with Gasteiger partial charge in [0.05, 0.1) is 0 Å². The molecule has 138 valence electrons. The number of nitrogen functional groups attached to an aromatic ring is 1. The van der Waals surface area contributed by atoms with E-state index in [0.29, 0.717) is 18.0 Å². The van der Waals surface area contributed by atoms with Crippen molar-refractivity contribution in [2.75, 3.05) is 12.8 Å². The van der Waals surface area contributed by atoms with Gasteiger partial charge in [0.25, 0.3) is 5.56 Å². The number of nitrogens with two attached hydrogens (primary N) is 1. The molecule has 0 spiro atoms. The first kappa shape index (κ1) is 18.5. The van der Waals surface area contributed by atoms with Crippen LogP contribution in [0.3, 0.4) is 0 Å². The normalized spacial score (nSPS) is 11.4. The van der Waals surface area contributed by atoms with E-state index in [1.807, 2.05) is 44.2 Å². The van der Waals surface area contributed by atoms with Crippen LogP contribution in [0.1, 0.15) is 23.6 Å². The maximum atomic E-state index is 12.6. The van der Waals surface area contributed by atoms with E-state index in [-0.39, 0.29) is 5.56 Å². The first-order valence-electron chi connectivity index (χ1n) is 8.72. The topological polar surface area (TPSA) is 69.6 Å². The van der Waals surface area contributed by atoms with E-state index in [4.69, 9.17) is 10.5 Å². The number of aromatic nitrogens is 1. The molecule has 0 aliphatic rings. The molecule has 1 aromatic heterocycles. The SMILES string of the molecule is CN=C(C)c1cc(-n2ccc(OCc3cccc(C)c3)cc2=O)ccc1N. The maximum Gasteiger partial charge on any atom is 0.258 e. The van der Waals surface area contributed by atoms with Crippen LogP contribution in [0.4, 0.5) is 5.69 Å². The van der Waals surface area contributed by atoms with Gasteiger partial charge in [-0.05, 0) is 43.7 Å². The molecule has 3 rings (SSSR count). The van der Waals surface area contributed by atoms with Crippen molar-refractivity contribution in [2.24, 2.45) is 4.99 Å². The Bertz CT molecular complexity index is 1050. The smallest absolute Gasteiger partial charge is 0.258 e. The van der Waals surface area contributed by atoms with Gasteiger partial charge in [0.2, 0.25) is 0 Å². The Morgan fingerprint density at radius 1 is 1.15 bits per heavy atom. The van der Waals surface area contributed by atoms with Crippen LogP contribution in [0.15, 0.2) is 70.6 Å². The van der Waals surface area contributed by atoms with E-state index in [2.05, 4.69) is 11.1 Å². The lowest BCUT2D eigenvalue weighted by atomic mass is 10.1. The molecule has 5 nitrogen and oxygen atoms in total. The predicted octanol–water partition coefficient (Wildman–Crippen LogP) is 3.75. The zero-order valence-corrected chi connectivity index (χ0v) is 15.8. The van der Waals surface area contributed by atoms with Crippen molar-refractivity contribution < 1.29 is 4.74 Å². The summed E-state index contributed by atoms with van der Waals surface area (Å²) in [5, 5.41) is 0. The minimum absolute atomic E-state index is 0.168. The second-order valence-electron chi connectivity index (χ2n) is 6.43. The Kier molecular flexibility index (Phi) is 5.41. The van der Waals surface area contributed by atoms with Crippen LogP contribution in [-0.2, 0) is 6.61 Å². The average Bonchev–Trinajstić information content (AvgIpc) is 2.66. The summed E-state index contributed by atoms with van der Waals surface area (Å²) in [5.41, 5.74) is 11.1. The van der Waals surface area contributed by atoms with Crippen LogP contribution in [0.5, 0.6) is 5.75 Å². The first-order chi connectivity index (χ1) is 13.0. The van der Waals surface area contributed by atoms with Gasteiger partial charge in [0, 0.05) is 42.0 Å². The minimum Gasteiger partial charge on any atom is -0.489 e. The third-order valence-corrected chi connectivity index (χ3v) is 4.42. The third kappa shape index (κ3) is 4.26. The number of ether oxygens (including phenoxy) is 1. The Balaban J connectivity index is 1.84. The van der Waals surface area contributed by atoms with Crippen LogP contribution in [0.2, 0.25) is 0 Å². The number of hydrogen-bond acceptors (Lipinski definition) is 4. The predicted molar refractivity (Wildman–Crippen MR) is 110 cm³/mol. The zero-order chi connectivity index (χ0) is 19.4. The molecule has 0 saturated carbocycles. The van der Waals surface area contributed by atoms with E-state index < -0.39 is 0 Å². The van der Waals surface area contributed by atoms with Gasteiger partial charge in [-0.3, -0.25) is 14.4 Å². The lowest BCUT2D eigenvalue weighted by Gasteiger charge is -2.12. The summed E-state index contributed by atoms with van der Waals surface area (Å²) >= 11 is 0. The summed E-state index contributed by atoms with van der Waals surface area (Å²) in [6.45, 7) is 4.35. The first-order valence-corrected chi connectivity index (χ1v) is 8.72. The number of anilines is 1. The number of aryl methyl sites for hydroxylation is 1. The van der Waals surface area contributed by atoms with Crippen molar-refractivity contribution in [1.29, 1.82) is 0 Å². The molecule has 0 aliphatic heterocycles. The number of pyridine rings is 1. The van der Waals surface area contributed by atoms with Gasteiger partial charge in [0.15, 0.2) is 0 Å². The van der Waals surface area contributed by atoms with Gasteiger partial charge in [0.1, 0.15) is 12.4 Å². The quantitative estimate of drug-likeness (QED) is 0.556. The van der Waals surface area contributed by atoms with E-state index in [9.17, 15) is 4.79 Å². The molecule has 2 N–H and O–H groups in total. The Labute approximate surface area is 158 Å². The van der Waals surface area contributed by atoms with Crippen LogP contribution < -0.4 is 16.0 Å². The number of hydrogen-bond donors (Lipinski definition) is 1. The molecule has 3 aromatic rings. The second-order valence-corrected chi connectivity index (χ2v) is 6.43. The lowest BCUT2D eigenvalue weighted by Crippen LogP contribution is -2.17. The molecular formula is C22H23N3O2. The molecule has 5 heteroatoms. The van der Waals surface area contributed by atoms with Crippen LogP contribution in [0.25, 0.3) is 5.69 Å². The van der Waals surface area contributed by atoms with Crippen LogP contribution in [-0.4, -0.2) is 17.3 Å². The Morgan fingerprint density at radius 2 is 1.96 bits per heavy atom. The fourth-order valence-electron chi connectivity index (χ4n) is 2.86. The maximum absolute atomic E-state index is 12.6. The molecule has 0 saturated heterocycles. The van der Waals surface area contributed by atoms with Crippen molar-refractivity contribution >= 4 is 11.4 Å².